The normalized spacial score (nSPS) is 20.4. The lowest BCUT2D eigenvalue weighted by molar-refractivity contribution is 0.0492. The van der Waals surface area contributed by atoms with Gasteiger partial charge in [0.25, 0.3) is 0 Å². The van der Waals surface area contributed by atoms with Crippen LogP contribution in [0.3, 0.4) is 0 Å². The zero-order valence-corrected chi connectivity index (χ0v) is 28.9. The Balaban J connectivity index is 1.32. The van der Waals surface area contributed by atoms with Gasteiger partial charge in [0.15, 0.2) is 11.5 Å². The Morgan fingerprint density at radius 1 is 1.13 bits per heavy atom. The molecule has 2 saturated heterocycles. The van der Waals surface area contributed by atoms with Crippen molar-refractivity contribution in [2.45, 2.75) is 103 Å². The van der Waals surface area contributed by atoms with Gasteiger partial charge in [-0.1, -0.05) is 31.2 Å². The maximum absolute atomic E-state index is 15.2. The molecule has 2 bridgehead atoms. The van der Waals surface area contributed by atoms with E-state index in [0.29, 0.717) is 46.0 Å². The minimum atomic E-state index is -1.27. The lowest BCUT2D eigenvalue weighted by Gasteiger charge is -2.39. The van der Waals surface area contributed by atoms with Gasteiger partial charge in [0.05, 0.1) is 11.2 Å². The fraction of sp³-hybridized carbons (Fsp3) is 0.562. The van der Waals surface area contributed by atoms with Gasteiger partial charge in [0, 0.05) is 68.8 Å². The van der Waals surface area contributed by atoms with Gasteiger partial charge in [-0.15, -0.1) is 0 Å². The number of ether oxygens (including phenoxy) is 2. The Kier molecular flexibility index (Phi) is 8.36. The summed E-state index contributed by atoms with van der Waals surface area (Å²) in [5.41, 5.74) is 2.21. The molecule has 2 aliphatic rings. The number of aromatic nitrogens is 5. The lowest BCUT2D eigenvalue weighted by atomic mass is 9.97. The van der Waals surface area contributed by atoms with Crippen LogP contribution in [0.15, 0.2) is 24.7 Å². The second kappa shape index (κ2) is 11.9. The molecule has 3 aromatic heterocycles. The lowest BCUT2D eigenvalue weighted by Crippen LogP contribution is -2.51. The van der Waals surface area contributed by atoms with E-state index in [1.165, 1.54) is 6.07 Å². The number of anilines is 1. The molecule has 0 radical (unpaired) electrons. The Morgan fingerprint density at radius 2 is 1.84 bits per heavy atom. The Labute approximate surface area is 269 Å². The van der Waals surface area contributed by atoms with Crippen molar-refractivity contribution in [2.24, 2.45) is 7.05 Å². The molecule has 0 saturated carbocycles. The number of alkyl carbamates (subject to hydrolysis) is 1. The Morgan fingerprint density at radius 3 is 2.51 bits per heavy atom. The van der Waals surface area contributed by atoms with E-state index in [2.05, 4.69) is 35.0 Å². The van der Waals surface area contributed by atoms with Crippen LogP contribution in [0.1, 0.15) is 46.5 Å². The van der Waals surface area contributed by atoms with Gasteiger partial charge in [0.2, 0.25) is 0 Å². The highest BCUT2D eigenvalue weighted by atomic mass is 35.5. The largest absolute Gasteiger partial charge is 0.444 e. The highest BCUT2D eigenvalue weighted by Crippen LogP contribution is 2.42. The SMILES string of the molecule is Cn1cc2c(Cl)c(-c3cn(COCC[Si](C)(C)C)c4nc(N5[C@@H]6CC[C@H]5CC(NC(=O)OC(C)(C)C)C6)cnc34)cc(F)c2n1. The van der Waals surface area contributed by atoms with Crippen molar-refractivity contribution in [3.05, 3.63) is 35.5 Å². The van der Waals surface area contributed by atoms with Gasteiger partial charge in [-0.3, -0.25) is 4.68 Å². The molecule has 1 amide bonds. The van der Waals surface area contributed by atoms with Crippen molar-refractivity contribution in [1.82, 2.24) is 29.6 Å². The summed E-state index contributed by atoms with van der Waals surface area (Å²) < 4.78 is 30.4. The van der Waals surface area contributed by atoms with Crippen LogP contribution in [-0.2, 0) is 23.3 Å². The van der Waals surface area contributed by atoms with Gasteiger partial charge in [-0.25, -0.2) is 19.2 Å². The summed E-state index contributed by atoms with van der Waals surface area (Å²) in [6.45, 7) is 13.5. The average Bonchev–Trinajstić information content (AvgIpc) is 3.58. The fourth-order valence-electron chi connectivity index (χ4n) is 6.57. The molecule has 4 aromatic rings. The topological polar surface area (TPSA) is 99.3 Å². The number of carbonyl (C=O) groups is 1. The van der Waals surface area contributed by atoms with Crippen LogP contribution in [-0.4, -0.2) is 68.8 Å². The van der Waals surface area contributed by atoms with E-state index in [0.717, 1.165) is 37.5 Å². The second-order valence-corrected chi connectivity index (χ2v) is 20.7. The van der Waals surface area contributed by atoms with E-state index in [9.17, 15) is 4.79 Å². The third-order valence-electron chi connectivity index (χ3n) is 8.59. The predicted molar refractivity (Wildman–Crippen MR) is 178 cm³/mol. The van der Waals surface area contributed by atoms with E-state index in [-0.39, 0.29) is 29.7 Å². The number of carbonyl (C=O) groups excluding carboxylic acids is 1. The highest BCUT2D eigenvalue weighted by molar-refractivity contribution is 6.76. The number of hydrogen-bond donors (Lipinski definition) is 1. The van der Waals surface area contributed by atoms with E-state index in [1.54, 1.807) is 17.9 Å². The second-order valence-electron chi connectivity index (χ2n) is 14.7. The molecule has 0 aliphatic carbocycles. The summed E-state index contributed by atoms with van der Waals surface area (Å²) in [7, 11) is 0.473. The number of nitrogens with zero attached hydrogens (tertiary/aromatic N) is 6. The number of amides is 1. The monoisotopic (exact) mass is 655 g/mol. The van der Waals surface area contributed by atoms with Crippen LogP contribution >= 0.6 is 11.6 Å². The zero-order valence-electron chi connectivity index (χ0n) is 27.2. The highest BCUT2D eigenvalue weighted by Gasteiger charge is 2.42. The van der Waals surface area contributed by atoms with Crippen molar-refractivity contribution < 1.29 is 18.7 Å². The molecule has 13 heteroatoms. The molecule has 242 valence electrons. The van der Waals surface area contributed by atoms with Crippen molar-refractivity contribution in [3.63, 3.8) is 0 Å². The summed E-state index contributed by atoms with van der Waals surface area (Å²) in [6, 6.07) is 2.96. The number of aryl methyl sites for hydroxylation is 1. The zero-order chi connectivity index (χ0) is 32.3. The molecule has 1 N–H and O–H groups in total. The standard InChI is InChI=1S/C32H43ClFN7O3Si/c1-32(2,3)44-31(42)36-19-12-20-8-9-21(13-19)41(20)26-15-35-29-23(17-40(30(29)37-26)18-43-10-11-45(5,6)7)22-14-25(34)28-24(27(22)33)16-39(4)38-28/h14-17,19-21H,8-13,18H2,1-7H3,(H,36,42)/t19?,20-,21+. The summed E-state index contributed by atoms with van der Waals surface area (Å²) in [6.07, 6.45) is 8.72. The number of fused-ring (bicyclic) bond motifs is 4. The number of halogens is 2. The third-order valence-corrected chi connectivity index (χ3v) is 10.7. The summed E-state index contributed by atoms with van der Waals surface area (Å²) in [5, 5.41) is 8.28. The molecular weight excluding hydrogens is 613 g/mol. The van der Waals surface area contributed by atoms with Gasteiger partial charge in [-0.05, 0) is 58.6 Å². The minimum absolute atomic E-state index is 0.0416. The molecule has 2 fully saturated rings. The first kappa shape index (κ1) is 31.7. The molecule has 1 aromatic carbocycles. The minimum Gasteiger partial charge on any atom is -0.444 e. The third kappa shape index (κ3) is 6.68. The molecule has 5 heterocycles. The molecule has 45 heavy (non-hydrogen) atoms. The average molecular weight is 656 g/mol. The predicted octanol–water partition coefficient (Wildman–Crippen LogP) is 7.11. The fourth-order valence-corrected chi connectivity index (χ4v) is 7.62. The van der Waals surface area contributed by atoms with Crippen molar-refractivity contribution in [3.8, 4) is 11.1 Å². The van der Waals surface area contributed by atoms with Gasteiger partial charge >= 0.3 is 6.09 Å². The number of benzene rings is 1. The maximum atomic E-state index is 15.2. The van der Waals surface area contributed by atoms with E-state index >= 15 is 4.39 Å². The van der Waals surface area contributed by atoms with Crippen molar-refractivity contribution in [2.75, 3.05) is 11.5 Å². The molecule has 0 spiro atoms. The smallest absolute Gasteiger partial charge is 0.407 e. The van der Waals surface area contributed by atoms with Crippen LogP contribution in [0.5, 0.6) is 0 Å². The first-order chi connectivity index (χ1) is 21.2. The van der Waals surface area contributed by atoms with Crippen LogP contribution in [0.4, 0.5) is 15.0 Å². The van der Waals surface area contributed by atoms with Crippen LogP contribution in [0.25, 0.3) is 33.2 Å². The number of rotatable bonds is 8. The number of piperidine rings is 1. The molecular formula is C32H43ClFN7O3Si. The number of nitrogens with one attached hydrogen (secondary N) is 1. The van der Waals surface area contributed by atoms with Crippen LogP contribution < -0.4 is 10.2 Å². The summed E-state index contributed by atoms with van der Waals surface area (Å²) in [5.74, 6) is 0.347. The first-order valence-electron chi connectivity index (χ1n) is 15.7. The molecule has 1 unspecified atom stereocenters. The Bertz CT molecular complexity index is 1730. The summed E-state index contributed by atoms with van der Waals surface area (Å²) in [4.78, 5) is 24.9. The molecule has 10 nitrogen and oxygen atoms in total. The van der Waals surface area contributed by atoms with E-state index in [4.69, 9.17) is 31.0 Å². The quantitative estimate of drug-likeness (QED) is 0.159. The number of hydrogen-bond acceptors (Lipinski definition) is 7. The first-order valence-corrected chi connectivity index (χ1v) is 19.8. The molecule has 3 atom stereocenters. The van der Waals surface area contributed by atoms with Crippen molar-refractivity contribution >= 4 is 53.7 Å². The van der Waals surface area contributed by atoms with Crippen molar-refractivity contribution in [1.29, 1.82) is 0 Å². The van der Waals surface area contributed by atoms with Crippen LogP contribution in [0, 0.1) is 5.82 Å². The van der Waals surface area contributed by atoms with Gasteiger partial charge in [-0.2, -0.15) is 5.10 Å². The van der Waals surface area contributed by atoms with E-state index in [1.807, 2.05) is 37.7 Å². The molecule has 6 rings (SSSR count). The molecule has 2 aliphatic heterocycles. The van der Waals surface area contributed by atoms with Crippen LogP contribution in [0.2, 0.25) is 30.7 Å². The van der Waals surface area contributed by atoms with Gasteiger partial charge in [0.1, 0.15) is 29.2 Å². The Hall–Kier alpha value is -3.22. The summed E-state index contributed by atoms with van der Waals surface area (Å²) >= 11 is 6.88. The maximum Gasteiger partial charge on any atom is 0.407 e. The van der Waals surface area contributed by atoms with Gasteiger partial charge < -0.3 is 24.3 Å². The van der Waals surface area contributed by atoms with E-state index < -0.39 is 19.5 Å².